The molecule has 19 heavy (non-hydrogen) atoms. The third-order valence-electron chi connectivity index (χ3n) is 3.59. The van der Waals surface area contributed by atoms with Gasteiger partial charge in [-0.05, 0) is 36.9 Å². The van der Waals surface area contributed by atoms with Crippen LogP contribution in [0.1, 0.15) is 31.4 Å². The maximum atomic E-state index is 11.7. The summed E-state index contributed by atoms with van der Waals surface area (Å²) in [5.41, 5.74) is 1.01. The number of hydrogen-bond acceptors (Lipinski definition) is 3. The van der Waals surface area contributed by atoms with Crippen molar-refractivity contribution >= 4 is 21.4 Å². The molecule has 1 N–H and O–H groups in total. The van der Waals surface area contributed by atoms with Crippen LogP contribution in [0.5, 0.6) is 0 Å². The van der Waals surface area contributed by atoms with Crippen molar-refractivity contribution in [3.05, 3.63) is 34.9 Å². The van der Waals surface area contributed by atoms with Gasteiger partial charge in [-0.2, -0.15) is 0 Å². The van der Waals surface area contributed by atoms with E-state index < -0.39 is 9.84 Å². The summed E-state index contributed by atoms with van der Waals surface area (Å²) < 4.78 is 23.3. The first-order valence-corrected chi connectivity index (χ1v) is 8.91. The lowest BCUT2D eigenvalue weighted by Crippen LogP contribution is -2.30. The topological polar surface area (TPSA) is 46.2 Å². The molecule has 0 radical (unpaired) electrons. The Morgan fingerprint density at radius 2 is 2.16 bits per heavy atom. The molecule has 1 aliphatic rings. The Hall–Kier alpha value is -0.580. The summed E-state index contributed by atoms with van der Waals surface area (Å²) in [6, 6.07) is 7.73. The number of halogens is 1. The molecule has 2 atom stereocenters. The van der Waals surface area contributed by atoms with Gasteiger partial charge in [0, 0.05) is 11.1 Å². The SMILES string of the molecule is CCCNC(c1ccccc1Cl)C1CCS(=O)(=O)C1. The Bertz CT molecular complexity index is 530. The van der Waals surface area contributed by atoms with Crippen LogP contribution in [-0.4, -0.2) is 26.5 Å². The van der Waals surface area contributed by atoms with E-state index in [1.807, 2.05) is 24.3 Å². The monoisotopic (exact) mass is 301 g/mol. The Balaban J connectivity index is 2.24. The molecule has 2 unspecified atom stereocenters. The van der Waals surface area contributed by atoms with E-state index in [1.165, 1.54) is 0 Å². The lowest BCUT2D eigenvalue weighted by Gasteiger charge is -2.25. The van der Waals surface area contributed by atoms with Crippen molar-refractivity contribution in [2.24, 2.45) is 5.92 Å². The van der Waals surface area contributed by atoms with Crippen molar-refractivity contribution in [1.29, 1.82) is 0 Å². The van der Waals surface area contributed by atoms with Crippen molar-refractivity contribution in [3.8, 4) is 0 Å². The number of sulfone groups is 1. The molecular weight excluding hydrogens is 282 g/mol. The fraction of sp³-hybridized carbons (Fsp3) is 0.571. The molecule has 0 amide bonds. The van der Waals surface area contributed by atoms with Gasteiger partial charge in [0.25, 0.3) is 0 Å². The van der Waals surface area contributed by atoms with Crippen LogP contribution >= 0.6 is 11.6 Å². The van der Waals surface area contributed by atoms with Gasteiger partial charge in [0.15, 0.2) is 9.84 Å². The molecular formula is C14H20ClNO2S. The number of benzene rings is 1. The first kappa shape index (κ1) is 14.8. The molecule has 0 aromatic heterocycles. The maximum absolute atomic E-state index is 11.7. The minimum absolute atomic E-state index is 0.0333. The van der Waals surface area contributed by atoms with Crippen LogP contribution in [0.4, 0.5) is 0 Å². The van der Waals surface area contributed by atoms with Crippen LogP contribution in [0, 0.1) is 5.92 Å². The van der Waals surface area contributed by atoms with E-state index in [4.69, 9.17) is 11.6 Å². The summed E-state index contributed by atoms with van der Waals surface area (Å²) in [7, 11) is -2.87. The second-order valence-electron chi connectivity index (χ2n) is 5.12. The Morgan fingerprint density at radius 1 is 1.42 bits per heavy atom. The van der Waals surface area contributed by atoms with Crippen LogP contribution in [0.15, 0.2) is 24.3 Å². The fourth-order valence-corrected chi connectivity index (χ4v) is 4.74. The molecule has 1 fully saturated rings. The van der Waals surface area contributed by atoms with E-state index in [9.17, 15) is 8.42 Å². The molecule has 0 saturated carbocycles. The summed E-state index contributed by atoms with van der Waals surface area (Å²) in [6.07, 6.45) is 1.73. The highest BCUT2D eigenvalue weighted by Gasteiger charge is 2.34. The van der Waals surface area contributed by atoms with Gasteiger partial charge >= 0.3 is 0 Å². The highest BCUT2D eigenvalue weighted by molar-refractivity contribution is 7.91. The standard InChI is InChI=1S/C14H20ClNO2S/c1-2-8-16-14(11-7-9-19(17,18)10-11)12-5-3-4-6-13(12)15/h3-6,11,14,16H,2,7-10H2,1H3. The average Bonchev–Trinajstić information content (AvgIpc) is 2.72. The van der Waals surface area contributed by atoms with Gasteiger partial charge in [0.2, 0.25) is 0 Å². The minimum atomic E-state index is -2.87. The largest absolute Gasteiger partial charge is 0.310 e. The molecule has 5 heteroatoms. The number of hydrogen-bond donors (Lipinski definition) is 1. The maximum Gasteiger partial charge on any atom is 0.150 e. The predicted octanol–water partition coefficient (Wildman–Crippen LogP) is 2.82. The molecule has 1 heterocycles. The zero-order valence-electron chi connectivity index (χ0n) is 11.1. The van der Waals surface area contributed by atoms with Crippen molar-refractivity contribution in [3.63, 3.8) is 0 Å². The second kappa shape index (κ2) is 6.25. The molecule has 1 saturated heterocycles. The molecule has 3 nitrogen and oxygen atoms in total. The lowest BCUT2D eigenvalue weighted by molar-refractivity contribution is 0.393. The van der Waals surface area contributed by atoms with E-state index in [2.05, 4.69) is 12.2 Å². The summed E-state index contributed by atoms with van der Waals surface area (Å²) in [6.45, 7) is 2.97. The smallest absolute Gasteiger partial charge is 0.150 e. The number of nitrogens with one attached hydrogen (secondary N) is 1. The van der Waals surface area contributed by atoms with Gasteiger partial charge in [0.1, 0.15) is 0 Å². The summed E-state index contributed by atoms with van der Waals surface area (Å²) in [5, 5.41) is 4.17. The van der Waals surface area contributed by atoms with Crippen LogP contribution in [-0.2, 0) is 9.84 Å². The highest BCUT2D eigenvalue weighted by Crippen LogP contribution is 2.34. The molecule has 0 bridgehead atoms. The van der Waals surface area contributed by atoms with Crippen LogP contribution in [0.25, 0.3) is 0 Å². The Labute approximate surface area is 120 Å². The first-order valence-electron chi connectivity index (χ1n) is 6.71. The van der Waals surface area contributed by atoms with Crippen LogP contribution in [0.3, 0.4) is 0 Å². The average molecular weight is 302 g/mol. The summed E-state index contributed by atoms with van der Waals surface area (Å²) in [5.74, 6) is 0.683. The van der Waals surface area contributed by atoms with Gasteiger partial charge in [-0.3, -0.25) is 0 Å². The normalized spacial score (nSPS) is 23.4. The molecule has 1 aromatic rings. The zero-order valence-corrected chi connectivity index (χ0v) is 12.7. The van der Waals surface area contributed by atoms with Gasteiger partial charge < -0.3 is 5.32 Å². The van der Waals surface area contributed by atoms with Crippen molar-refractivity contribution < 1.29 is 8.42 Å². The van der Waals surface area contributed by atoms with Crippen LogP contribution in [0.2, 0.25) is 5.02 Å². The summed E-state index contributed by atoms with van der Waals surface area (Å²) in [4.78, 5) is 0. The molecule has 0 aliphatic carbocycles. The van der Waals surface area contributed by atoms with E-state index in [0.717, 1.165) is 24.9 Å². The quantitative estimate of drug-likeness (QED) is 0.909. The third-order valence-corrected chi connectivity index (χ3v) is 5.73. The third kappa shape index (κ3) is 3.71. The first-order chi connectivity index (χ1) is 9.03. The Kier molecular flexibility index (Phi) is 4.87. The van der Waals surface area contributed by atoms with Crippen molar-refractivity contribution in [1.82, 2.24) is 5.32 Å². The Morgan fingerprint density at radius 3 is 2.74 bits per heavy atom. The molecule has 0 spiro atoms. The van der Waals surface area contributed by atoms with Crippen molar-refractivity contribution in [2.75, 3.05) is 18.1 Å². The highest BCUT2D eigenvalue weighted by atomic mass is 35.5. The van der Waals surface area contributed by atoms with Gasteiger partial charge in [-0.25, -0.2) is 8.42 Å². The second-order valence-corrected chi connectivity index (χ2v) is 7.75. The molecule has 2 rings (SSSR count). The van der Waals surface area contributed by atoms with E-state index in [-0.39, 0.29) is 17.7 Å². The van der Waals surface area contributed by atoms with Gasteiger partial charge in [-0.15, -0.1) is 0 Å². The molecule has 1 aliphatic heterocycles. The van der Waals surface area contributed by atoms with E-state index >= 15 is 0 Å². The summed E-state index contributed by atoms with van der Waals surface area (Å²) >= 11 is 6.26. The minimum Gasteiger partial charge on any atom is -0.310 e. The van der Waals surface area contributed by atoms with E-state index in [1.54, 1.807) is 0 Å². The van der Waals surface area contributed by atoms with Gasteiger partial charge in [0.05, 0.1) is 11.5 Å². The molecule has 106 valence electrons. The van der Waals surface area contributed by atoms with Gasteiger partial charge in [-0.1, -0.05) is 36.7 Å². The fourth-order valence-electron chi connectivity index (χ4n) is 2.64. The van der Waals surface area contributed by atoms with Crippen LogP contribution < -0.4 is 5.32 Å². The molecule has 1 aromatic carbocycles. The van der Waals surface area contributed by atoms with Crippen molar-refractivity contribution in [2.45, 2.75) is 25.8 Å². The number of rotatable bonds is 5. The zero-order chi connectivity index (χ0) is 13.9. The van der Waals surface area contributed by atoms with E-state index in [0.29, 0.717) is 10.8 Å². The predicted molar refractivity (Wildman–Crippen MR) is 79.2 cm³/mol. The lowest BCUT2D eigenvalue weighted by atomic mass is 9.92.